The molecular weight excluding hydrogens is 428 g/mol. The largest absolute Gasteiger partial charge is 0.507 e. The summed E-state index contributed by atoms with van der Waals surface area (Å²) in [6, 6.07) is 5.30. The van der Waals surface area contributed by atoms with Gasteiger partial charge >= 0.3 is 11.9 Å². The van der Waals surface area contributed by atoms with Gasteiger partial charge in [0.25, 0.3) is 0 Å². The second-order valence-corrected chi connectivity index (χ2v) is 7.70. The zero-order chi connectivity index (χ0) is 24.5. The Bertz CT molecular complexity index is 1030. The first-order valence-corrected chi connectivity index (χ1v) is 10.9. The Morgan fingerprint density at radius 2 is 1.45 bits per heavy atom. The predicted molar refractivity (Wildman–Crippen MR) is 122 cm³/mol. The molecule has 0 unspecified atom stereocenters. The van der Waals surface area contributed by atoms with Crippen LogP contribution in [0.1, 0.15) is 77.8 Å². The van der Waals surface area contributed by atoms with Crippen molar-refractivity contribution in [1.82, 2.24) is 0 Å². The number of rotatable bonds is 12. The van der Waals surface area contributed by atoms with Gasteiger partial charge in [-0.2, -0.15) is 0 Å². The number of benzene rings is 2. The fourth-order valence-corrected chi connectivity index (χ4v) is 3.54. The molecule has 3 N–H and O–H groups in total. The molecule has 0 fully saturated rings. The summed E-state index contributed by atoms with van der Waals surface area (Å²) >= 11 is 0. The fraction of sp³-hybridized carbons (Fsp3) is 0.400. The lowest BCUT2D eigenvalue weighted by molar-refractivity contribution is -0.118. The molecule has 33 heavy (non-hydrogen) atoms. The molecule has 0 aromatic heterocycles. The molecular formula is C25H30O8. The number of phenolic OH excluding ortho intramolecular Hbond substituents is 1. The van der Waals surface area contributed by atoms with E-state index in [0.29, 0.717) is 36.1 Å². The SMILES string of the molecule is CCCCCc1cc(OC(=O)c2c(O)cc(OC)cc2CCC(=O)CC)cc(O)c1C(=O)O. The number of ether oxygens (including phenoxy) is 2. The fourth-order valence-electron chi connectivity index (χ4n) is 3.54. The van der Waals surface area contributed by atoms with E-state index in [9.17, 15) is 29.7 Å². The Morgan fingerprint density at radius 3 is 2.06 bits per heavy atom. The number of hydrogen-bond donors (Lipinski definition) is 3. The molecule has 0 aliphatic heterocycles. The van der Waals surface area contributed by atoms with Crippen molar-refractivity contribution in [3.8, 4) is 23.0 Å². The number of Topliss-reactive ketones (excluding diaryl/α,β-unsaturated/α-hetero) is 1. The monoisotopic (exact) mass is 458 g/mol. The molecule has 0 aliphatic rings. The van der Waals surface area contributed by atoms with Gasteiger partial charge in [-0.05, 0) is 42.5 Å². The molecule has 0 saturated heterocycles. The highest BCUT2D eigenvalue weighted by Gasteiger charge is 2.23. The van der Waals surface area contributed by atoms with Crippen LogP contribution in [-0.2, 0) is 17.6 Å². The molecule has 0 aliphatic carbocycles. The van der Waals surface area contributed by atoms with E-state index in [-0.39, 0.29) is 41.3 Å². The van der Waals surface area contributed by atoms with E-state index in [1.165, 1.54) is 19.2 Å². The quantitative estimate of drug-likeness (QED) is 0.238. The van der Waals surface area contributed by atoms with Crippen LogP contribution in [0.3, 0.4) is 0 Å². The number of aromatic hydroxyl groups is 2. The van der Waals surface area contributed by atoms with E-state index in [0.717, 1.165) is 18.9 Å². The number of aryl methyl sites for hydroxylation is 2. The van der Waals surface area contributed by atoms with E-state index < -0.39 is 17.7 Å². The number of phenols is 2. The lowest BCUT2D eigenvalue weighted by atomic mass is 9.99. The van der Waals surface area contributed by atoms with Gasteiger partial charge in [0.15, 0.2) is 0 Å². The van der Waals surface area contributed by atoms with E-state index >= 15 is 0 Å². The van der Waals surface area contributed by atoms with Crippen molar-refractivity contribution in [2.45, 2.75) is 58.8 Å². The van der Waals surface area contributed by atoms with Crippen molar-refractivity contribution in [3.05, 3.63) is 46.5 Å². The zero-order valence-corrected chi connectivity index (χ0v) is 19.1. The topological polar surface area (TPSA) is 130 Å². The van der Waals surface area contributed by atoms with Crippen molar-refractivity contribution < 1.29 is 39.2 Å². The highest BCUT2D eigenvalue weighted by atomic mass is 16.5. The third-order valence-corrected chi connectivity index (χ3v) is 5.33. The first kappa shape index (κ1) is 25.7. The average molecular weight is 459 g/mol. The summed E-state index contributed by atoms with van der Waals surface area (Å²) in [5.74, 6) is -2.75. The molecule has 0 bridgehead atoms. The van der Waals surface area contributed by atoms with Gasteiger partial charge in [0, 0.05) is 25.0 Å². The second-order valence-electron chi connectivity index (χ2n) is 7.70. The summed E-state index contributed by atoms with van der Waals surface area (Å²) < 4.78 is 10.6. The van der Waals surface area contributed by atoms with Gasteiger partial charge in [0.05, 0.1) is 7.11 Å². The van der Waals surface area contributed by atoms with Crippen LogP contribution >= 0.6 is 0 Å². The minimum Gasteiger partial charge on any atom is -0.507 e. The van der Waals surface area contributed by atoms with Crippen LogP contribution < -0.4 is 9.47 Å². The third kappa shape index (κ3) is 6.71. The normalized spacial score (nSPS) is 10.6. The number of carboxylic acid groups (broad SMARTS) is 1. The van der Waals surface area contributed by atoms with Gasteiger partial charge in [-0.3, -0.25) is 4.79 Å². The molecule has 0 saturated carbocycles. The first-order chi connectivity index (χ1) is 15.7. The van der Waals surface area contributed by atoms with E-state index in [1.807, 2.05) is 6.92 Å². The van der Waals surface area contributed by atoms with Crippen molar-refractivity contribution in [3.63, 3.8) is 0 Å². The minimum atomic E-state index is -1.27. The lowest BCUT2D eigenvalue weighted by Gasteiger charge is -2.15. The smallest absolute Gasteiger partial charge is 0.347 e. The van der Waals surface area contributed by atoms with Crippen LogP contribution in [0.25, 0.3) is 0 Å². The maximum absolute atomic E-state index is 13.0. The van der Waals surface area contributed by atoms with Crippen LogP contribution in [0.5, 0.6) is 23.0 Å². The Labute approximate surface area is 192 Å². The standard InChI is InChI=1S/C25H30O8/c1-4-6-7-8-15-12-19(14-20(27)22(15)24(29)30)33-25(31)23-16(9-10-17(26)5-2)11-18(32-3)13-21(23)28/h11-14,27-28H,4-10H2,1-3H3,(H,29,30). The maximum atomic E-state index is 13.0. The summed E-state index contributed by atoms with van der Waals surface area (Å²) in [5, 5.41) is 30.2. The van der Waals surface area contributed by atoms with Crippen LogP contribution in [0, 0.1) is 0 Å². The number of methoxy groups -OCH3 is 1. The summed E-state index contributed by atoms with van der Waals surface area (Å²) in [6.07, 6.45) is 3.65. The zero-order valence-electron chi connectivity index (χ0n) is 19.1. The molecule has 0 heterocycles. The van der Waals surface area contributed by atoms with Gasteiger partial charge in [-0.1, -0.05) is 26.7 Å². The highest BCUT2D eigenvalue weighted by molar-refractivity contribution is 5.97. The maximum Gasteiger partial charge on any atom is 0.347 e. The third-order valence-electron chi connectivity index (χ3n) is 5.33. The van der Waals surface area contributed by atoms with Crippen LogP contribution in [0.2, 0.25) is 0 Å². The molecule has 2 rings (SSSR count). The van der Waals surface area contributed by atoms with E-state index in [4.69, 9.17) is 9.47 Å². The van der Waals surface area contributed by atoms with Gasteiger partial charge in [-0.25, -0.2) is 9.59 Å². The summed E-state index contributed by atoms with van der Waals surface area (Å²) in [6.45, 7) is 3.76. The van der Waals surface area contributed by atoms with E-state index in [2.05, 4.69) is 0 Å². The van der Waals surface area contributed by atoms with Crippen molar-refractivity contribution in [1.29, 1.82) is 0 Å². The number of ketones is 1. The number of esters is 1. The first-order valence-electron chi connectivity index (χ1n) is 10.9. The predicted octanol–water partition coefficient (Wildman–Crippen LogP) is 4.67. The van der Waals surface area contributed by atoms with Gasteiger partial charge in [0.2, 0.25) is 0 Å². The van der Waals surface area contributed by atoms with Crippen molar-refractivity contribution in [2.24, 2.45) is 0 Å². The van der Waals surface area contributed by atoms with Crippen LogP contribution in [0.15, 0.2) is 24.3 Å². The molecule has 0 radical (unpaired) electrons. The van der Waals surface area contributed by atoms with Gasteiger partial charge in [-0.15, -0.1) is 0 Å². The highest BCUT2D eigenvalue weighted by Crippen LogP contribution is 2.33. The number of carboxylic acids is 1. The number of carbonyl (C=O) groups excluding carboxylic acids is 2. The minimum absolute atomic E-state index is 0.00234. The van der Waals surface area contributed by atoms with Crippen molar-refractivity contribution >= 4 is 17.7 Å². The average Bonchev–Trinajstić information content (AvgIpc) is 2.76. The summed E-state index contributed by atoms with van der Waals surface area (Å²) in [7, 11) is 1.42. The van der Waals surface area contributed by atoms with Gasteiger partial charge in [0.1, 0.15) is 39.9 Å². The van der Waals surface area contributed by atoms with Crippen molar-refractivity contribution in [2.75, 3.05) is 7.11 Å². The number of unbranched alkanes of at least 4 members (excludes halogenated alkanes) is 2. The summed E-state index contributed by atoms with van der Waals surface area (Å²) in [5.41, 5.74) is 0.394. The molecule has 0 spiro atoms. The molecule has 178 valence electrons. The number of carbonyl (C=O) groups is 3. The van der Waals surface area contributed by atoms with Crippen LogP contribution in [-0.4, -0.2) is 40.2 Å². The molecule has 8 heteroatoms. The molecule has 2 aromatic rings. The Hall–Kier alpha value is -3.55. The molecule has 0 amide bonds. The molecule has 0 atom stereocenters. The molecule has 2 aromatic carbocycles. The van der Waals surface area contributed by atoms with E-state index in [1.54, 1.807) is 13.0 Å². The number of aromatic carboxylic acids is 1. The Balaban J connectivity index is 2.40. The van der Waals surface area contributed by atoms with Gasteiger partial charge < -0.3 is 24.8 Å². The Morgan fingerprint density at radius 1 is 0.848 bits per heavy atom. The summed E-state index contributed by atoms with van der Waals surface area (Å²) in [4.78, 5) is 36.3. The second kappa shape index (κ2) is 11.9. The Kier molecular flexibility index (Phi) is 9.27. The lowest BCUT2D eigenvalue weighted by Crippen LogP contribution is -2.14. The number of hydrogen-bond acceptors (Lipinski definition) is 7. The van der Waals surface area contributed by atoms with Crippen LogP contribution in [0.4, 0.5) is 0 Å². The molecule has 8 nitrogen and oxygen atoms in total.